The molecule has 1 atom stereocenters. The summed E-state index contributed by atoms with van der Waals surface area (Å²) in [6, 6.07) is 0.428. The van der Waals surface area contributed by atoms with Crippen LogP contribution in [0.1, 0.15) is 33.6 Å². The number of hydrogen-bond acceptors (Lipinski definition) is 2. The molecule has 1 aliphatic heterocycles. The fourth-order valence-electron chi connectivity index (χ4n) is 1.78. The minimum atomic E-state index is 0.192. The second-order valence-corrected chi connectivity index (χ2v) is 5.19. The molecule has 0 unspecified atom stereocenters. The third kappa shape index (κ3) is 2.71. The summed E-state index contributed by atoms with van der Waals surface area (Å²) in [5, 5.41) is 0. The zero-order chi connectivity index (χ0) is 10.8. The van der Waals surface area contributed by atoms with Gasteiger partial charge in [-0.1, -0.05) is 0 Å². The standard InChI is InChI=1S/C11H22N2O/c1-11(2,3)12(4)8-10-6-5-7-13(10)9-14/h9-10H,5-8H2,1-4H3/t10-/m0/s1. The van der Waals surface area contributed by atoms with E-state index in [-0.39, 0.29) is 5.54 Å². The van der Waals surface area contributed by atoms with Crippen molar-refractivity contribution in [2.45, 2.75) is 45.2 Å². The summed E-state index contributed by atoms with van der Waals surface area (Å²) in [5.41, 5.74) is 0.192. The van der Waals surface area contributed by atoms with Crippen LogP contribution in [0.2, 0.25) is 0 Å². The summed E-state index contributed by atoms with van der Waals surface area (Å²) in [4.78, 5) is 15.0. The third-order valence-corrected chi connectivity index (χ3v) is 3.19. The molecule has 1 fully saturated rings. The van der Waals surface area contributed by atoms with E-state index in [1.165, 1.54) is 0 Å². The maximum atomic E-state index is 10.8. The summed E-state index contributed by atoms with van der Waals surface area (Å²) >= 11 is 0. The SMILES string of the molecule is CN(C[C@@H]1CCCN1C=O)C(C)(C)C. The Balaban J connectivity index is 2.47. The normalized spacial score (nSPS) is 23.2. The lowest BCUT2D eigenvalue weighted by Gasteiger charge is -2.35. The average Bonchev–Trinajstić information content (AvgIpc) is 2.50. The van der Waals surface area contributed by atoms with E-state index >= 15 is 0 Å². The Morgan fingerprint density at radius 3 is 2.64 bits per heavy atom. The van der Waals surface area contributed by atoms with Crippen LogP contribution in [0.4, 0.5) is 0 Å². The van der Waals surface area contributed by atoms with E-state index in [1.807, 2.05) is 4.90 Å². The van der Waals surface area contributed by atoms with Crippen LogP contribution < -0.4 is 0 Å². The Kier molecular flexibility index (Phi) is 3.53. The second kappa shape index (κ2) is 4.30. The van der Waals surface area contributed by atoms with Crippen LogP contribution in [-0.4, -0.2) is 47.9 Å². The lowest BCUT2D eigenvalue weighted by molar-refractivity contribution is -0.119. The number of hydrogen-bond donors (Lipinski definition) is 0. The average molecular weight is 198 g/mol. The summed E-state index contributed by atoms with van der Waals surface area (Å²) in [7, 11) is 2.13. The van der Waals surface area contributed by atoms with Gasteiger partial charge in [0, 0.05) is 24.7 Å². The van der Waals surface area contributed by atoms with E-state index in [2.05, 4.69) is 32.7 Å². The van der Waals surface area contributed by atoms with E-state index in [4.69, 9.17) is 0 Å². The lowest BCUT2D eigenvalue weighted by Crippen LogP contribution is -2.46. The van der Waals surface area contributed by atoms with Crippen molar-refractivity contribution in [2.24, 2.45) is 0 Å². The Labute approximate surface area is 87.1 Å². The summed E-state index contributed by atoms with van der Waals surface area (Å²) < 4.78 is 0. The van der Waals surface area contributed by atoms with Gasteiger partial charge in [0.1, 0.15) is 0 Å². The van der Waals surface area contributed by atoms with Crippen LogP contribution in [0.15, 0.2) is 0 Å². The monoisotopic (exact) mass is 198 g/mol. The largest absolute Gasteiger partial charge is 0.341 e. The van der Waals surface area contributed by atoms with Gasteiger partial charge in [0.15, 0.2) is 0 Å². The number of likely N-dealkylation sites (tertiary alicyclic amines) is 1. The maximum Gasteiger partial charge on any atom is 0.209 e. The van der Waals surface area contributed by atoms with Gasteiger partial charge in [0.2, 0.25) is 6.41 Å². The molecular weight excluding hydrogens is 176 g/mol. The number of carbonyl (C=O) groups excluding carboxylic acids is 1. The summed E-state index contributed by atoms with van der Waals surface area (Å²) in [5.74, 6) is 0. The van der Waals surface area contributed by atoms with Crippen molar-refractivity contribution < 1.29 is 4.79 Å². The Morgan fingerprint density at radius 1 is 1.50 bits per heavy atom. The van der Waals surface area contributed by atoms with Crippen molar-refractivity contribution >= 4 is 6.41 Å². The molecule has 0 aromatic carbocycles. The molecule has 3 nitrogen and oxygen atoms in total. The predicted octanol–water partition coefficient (Wildman–Crippen LogP) is 1.34. The van der Waals surface area contributed by atoms with Gasteiger partial charge < -0.3 is 4.90 Å². The van der Waals surface area contributed by atoms with Gasteiger partial charge in [-0.15, -0.1) is 0 Å². The fraction of sp³-hybridized carbons (Fsp3) is 0.909. The van der Waals surface area contributed by atoms with Gasteiger partial charge in [0.05, 0.1) is 0 Å². The van der Waals surface area contributed by atoms with Crippen molar-refractivity contribution in [3.63, 3.8) is 0 Å². The molecule has 0 N–H and O–H groups in total. The first-order valence-corrected chi connectivity index (χ1v) is 5.37. The van der Waals surface area contributed by atoms with Gasteiger partial charge >= 0.3 is 0 Å². The first-order chi connectivity index (χ1) is 6.45. The molecule has 0 aromatic rings. The minimum absolute atomic E-state index is 0.192. The molecule has 0 radical (unpaired) electrons. The Hall–Kier alpha value is -0.570. The van der Waals surface area contributed by atoms with Gasteiger partial charge in [-0.25, -0.2) is 0 Å². The van der Waals surface area contributed by atoms with Crippen LogP contribution in [0.5, 0.6) is 0 Å². The highest BCUT2D eigenvalue weighted by molar-refractivity contribution is 5.48. The first kappa shape index (κ1) is 11.5. The molecule has 1 heterocycles. The van der Waals surface area contributed by atoms with Gasteiger partial charge in [0.25, 0.3) is 0 Å². The molecular formula is C11H22N2O. The van der Waals surface area contributed by atoms with Crippen LogP contribution in [0.25, 0.3) is 0 Å². The van der Waals surface area contributed by atoms with E-state index in [1.54, 1.807) is 0 Å². The van der Waals surface area contributed by atoms with Gasteiger partial charge in [-0.3, -0.25) is 9.69 Å². The van der Waals surface area contributed by atoms with Crippen molar-refractivity contribution in [3.8, 4) is 0 Å². The quantitative estimate of drug-likeness (QED) is 0.639. The van der Waals surface area contributed by atoms with Crippen molar-refractivity contribution in [2.75, 3.05) is 20.1 Å². The van der Waals surface area contributed by atoms with Crippen LogP contribution >= 0.6 is 0 Å². The number of likely N-dealkylation sites (N-methyl/N-ethyl adjacent to an activating group) is 1. The van der Waals surface area contributed by atoms with Gasteiger partial charge in [-0.2, -0.15) is 0 Å². The molecule has 0 saturated carbocycles. The van der Waals surface area contributed by atoms with Crippen molar-refractivity contribution in [3.05, 3.63) is 0 Å². The first-order valence-electron chi connectivity index (χ1n) is 5.37. The highest BCUT2D eigenvalue weighted by Gasteiger charge is 2.27. The van der Waals surface area contributed by atoms with Crippen LogP contribution in [0.3, 0.4) is 0 Å². The smallest absolute Gasteiger partial charge is 0.209 e. The van der Waals surface area contributed by atoms with Crippen molar-refractivity contribution in [1.29, 1.82) is 0 Å². The van der Waals surface area contributed by atoms with E-state index in [0.717, 1.165) is 32.3 Å². The molecule has 14 heavy (non-hydrogen) atoms. The Bertz CT molecular complexity index is 198. The van der Waals surface area contributed by atoms with Crippen LogP contribution in [-0.2, 0) is 4.79 Å². The number of carbonyl (C=O) groups is 1. The van der Waals surface area contributed by atoms with E-state index in [9.17, 15) is 4.79 Å². The lowest BCUT2D eigenvalue weighted by atomic mass is 10.1. The van der Waals surface area contributed by atoms with Crippen LogP contribution in [0, 0.1) is 0 Å². The molecule has 0 aliphatic carbocycles. The molecule has 1 rings (SSSR count). The van der Waals surface area contributed by atoms with E-state index in [0.29, 0.717) is 6.04 Å². The summed E-state index contributed by atoms with van der Waals surface area (Å²) in [6.07, 6.45) is 3.30. The summed E-state index contributed by atoms with van der Waals surface area (Å²) in [6.45, 7) is 8.53. The second-order valence-electron chi connectivity index (χ2n) is 5.19. The minimum Gasteiger partial charge on any atom is -0.341 e. The zero-order valence-corrected chi connectivity index (χ0v) is 9.79. The predicted molar refractivity (Wildman–Crippen MR) is 58.2 cm³/mol. The molecule has 0 aromatic heterocycles. The zero-order valence-electron chi connectivity index (χ0n) is 9.79. The fourth-order valence-corrected chi connectivity index (χ4v) is 1.78. The highest BCUT2D eigenvalue weighted by Crippen LogP contribution is 2.19. The van der Waals surface area contributed by atoms with Crippen molar-refractivity contribution in [1.82, 2.24) is 9.80 Å². The number of nitrogens with zero attached hydrogens (tertiary/aromatic N) is 2. The highest BCUT2D eigenvalue weighted by atomic mass is 16.1. The molecule has 1 saturated heterocycles. The Morgan fingerprint density at radius 2 is 2.14 bits per heavy atom. The van der Waals surface area contributed by atoms with Gasteiger partial charge in [-0.05, 0) is 40.7 Å². The molecule has 0 spiro atoms. The topological polar surface area (TPSA) is 23.6 Å². The molecule has 82 valence electrons. The van der Waals surface area contributed by atoms with E-state index < -0.39 is 0 Å². The molecule has 1 aliphatic rings. The molecule has 3 heteroatoms. The number of amides is 1. The maximum absolute atomic E-state index is 10.8. The third-order valence-electron chi connectivity index (χ3n) is 3.19. The number of rotatable bonds is 3. The molecule has 1 amide bonds. The molecule has 0 bridgehead atoms.